The number of nitrogens with one attached hydrogen (secondary N) is 1. The van der Waals surface area contributed by atoms with E-state index in [4.69, 9.17) is 0 Å². The van der Waals surface area contributed by atoms with Crippen molar-refractivity contribution >= 4 is 21.4 Å². The van der Waals surface area contributed by atoms with Crippen LogP contribution in [0.2, 0.25) is 0 Å². The van der Waals surface area contributed by atoms with E-state index in [9.17, 15) is 31.7 Å². The molecule has 0 aliphatic carbocycles. The number of nitro benzene ring substituents is 1. The zero-order chi connectivity index (χ0) is 20.4. The summed E-state index contributed by atoms with van der Waals surface area (Å²) in [6, 6.07) is 7.56. The van der Waals surface area contributed by atoms with Crippen molar-refractivity contribution in [3.8, 4) is 0 Å². The summed E-state index contributed by atoms with van der Waals surface area (Å²) in [5.41, 5.74) is -0.931. The highest BCUT2D eigenvalue weighted by molar-refractivity contribution is 7.89. The number of benzene rings is 2. The van der Waals surface area contributed by atoms with Crippen LogP contribution in [0, 0.1) is 17.0 Å². The number of hydrogen-bond donors (Lipinski definition) is 1. The first-order chi connectivity index (χ1) is 12.4. The molecule has 0 aromatic heterocycles. The number of hydrogen-bond acceptors (Lipinski definition) is 5. The van der Waals surface area contributed by atoms with Gasteiger partial charge in [-0.3, -0.25) is 10.1 Å². The maximum atomic E-state index is 12.8. The molecule has 0 saturated heterocycles. The van der Waals surface area contributed by atoms with E-state index in [2.05, 4.69) is 5.10 Å². The van der Waals surface area contributed by atoms with Crippen molar-refractivity contribution < 1.29 is 26.5 Å². The molecular formula is C16H14F3N3O4S. The molecule has 2 rings (SSSR count). The number of alkyl halides is 3. The lowest BCUT2D eigenvalue weighted by Gasteiger charge is -2.09. The first-order valence-electron chi connectivity index (χ1n) is 7.40. The van der Waals surface area contributed by atoms with Crippen LogP contribution in [0.5, 0.6) is 0 Å². The molecule has 2 aromatic carbocycles. The molecular weight excluding hydrogens is 387 g/mol. The van der Waals surface area contributed by atoms with Crippen LogP contribution in [0.25, 0.3) is 0 Å². The minimum absolute atomic E-state index is 0.00807. The highest BCUT2D eigenvalue weighted by Crippen LogP contribution is 2.29. The molecule has 7 nitrogen and oxygen atoms in total. The number of sulfonamides is 1. The molecule has 2 aromatic rings. The van der Waals surface area contributed by atoms with Crippen LogP contribution in [0.4, 0.5) is 18.9 Å². The van der Waals surface area contributed by atoms with Crippen molar-refractivity contribution in [1.82, 2.24) is 4.83 Å². The Morgan fingerprint density at radius 2 is 1.85 bits per heavy atom. The molecule has 0 aliphatic rings. The molecule has 27 heavy (non-hydrogen) atoms. The minimum Gasteiger partial charge on any atom is -0.258 e. The minimum atomic E-state index is -4.55. The summed E-state index contributed by atoms with van der Waals surface area (Å²) in [5, 5.41) is 14.5. The van der Waals surface area contributed by atoms with Crippen molar-refractivity contribution in [2.75, 3.05) is 0 Å². The second-order valence-electron chi connectivity index (χ2n) is 5.58. The molecule has 0 atom stereocenters. The summed E-state index contributed by atoms with van der Waals surface area (Å²) < 4.78 is 62.8. The first kappa shape index (κ1) is 20.4. The predicted octanol–water partition coefficient (Wildman–Crippen LogP) is 3.62. The van der Waals surface area contributed by atoms with E-state index in [0.717, 1.165) is 18.2 Å². The molecule has 0 aliphatic heterocycles. The monoisotopic (exact) mass is 401 g/mol. The van der Waals surface area contributed by atoms with Gasteiger partial charge >= 0.3 is 6.18 Å². The topological polar surface area (TPSA) is 102 Å². The SMILES string of the molecule is C/C(=N\NS(=O)(=O)c1ccc(C)c([N+](=O)[O-])c1)c1cccc(C(F)(F)F)c1. The highest BCUT2D eigenvalue weighted by atomic mass is 32.2. The van der Waals surface area contributed by atoms with Gasteiger partial charge in [0.2, 0.25) is 0 Å². The number of nitrogens with zero attached hydrogens (tertiary/aromatic N) is 2. The third-order valence-electron chi connectivity index (χ3n) is 3.63. The summed E-state index contributed by atoms with van der Waals surface area (Å²) in [7, 11) is -4.24. The molecule has 0 radical (unpaired) electrons. The number of rotatable bonds is 5. The first-order valence-corrected chi connectivity index (χ1v) is 8.89. The van der Waals surface area contributed by atoms with Gasteiger partial charge < -0.3 is 0 Å². The van der Waals surface area contributed by atoms with Crippen molar-refractivity contribution in [2.24, 2.45) is 5.10 Å². The summed E-state index contributed by atoms with van der Waals surface area (Å²) >= 11 is 0. The fourth-order valence-electron chi connectivity index (χ4n) is 2.12. The highest BCUT2D eigenvalue weighted by Gasteiger charge is 2.30. The van der Waals surface area contributed by atoms with Crippen LogP contribution >= 0.6 is 0 Å². The third kappa shape index (κ3) is 4.82. The average molecular weight is 401 g/mol. The van der Waals surface area contributed by atoms with Crippen molar-refractivity contribution in [3.05, 3.63) is 69.3 Å². The quantitative estimate of drug-likeness (QED) is 0.470. The van der Waals surface area contributed by atoms with E-state index in [1.165, 1.54) is 38.1 Å². The standard InChI is InChI=1S/C16H14F3N3O4S/c1-10-6-7-14(9-15(10)22(23)24)27(25,26)21-20-11(2)12-4-3-5-13(8-12)16(17,18)19/h3-9,21H,1-2H3/b20-11+. The van der Waals surface area contributed by atoms with Gasteiger partial charge in [-0.15, -0.1) is 0 Å². The molecule has 0 fully saturated rings. The Morgan fingerprint density at radius 1 is 1.19 bits per heavy atom. The molecule has 144 valence electrons. The third-order valence-corrected chi connectivity index (χ3v) is 4.83. The fraction of sp³-hybridized carbons (Fsp3) is 0.188. The number of hydrazone groups is 1. The van der Waals surface area contributed by atoms with Gasteiger partial charge in [0.15, 0.2) is 0 Å². The smallest absolute Gasteiger partial charge is 0.258 e. The van der Waals surface area contributed by atoms with Crippen molar-refractivity contribution in [1.29, 1.82) is 0 Å². The summed E-state index contributed by atoms with van der Waals surface area (Å²) in [6.07, 6.45) is -4.55. The molecule has 0 bridgehead atoms. The Labute approximate surface area is 152 Å². The molecule has 0 heterocycles. The maximum absolute atomic E-state index is 12.8. The Kier molecular flexibility index (Phi) is 5.54. The Balaban J connectivity index is 2.31. The van der Waals surface area contributed by atoms with Gasteiger partial charge in [-0.2, -0.15) is 31.5 Å². The summed E-state index contributed by atoms with van der Waals surface area (Å²) in [4.78, 5) is 11.7. The van der Waals surface area contributed by atoms with Gasteiger partial charge in [-0.25, -0.2) is 0 Å². The Morgan fingerprint density at radius 3 is 2.44 bits per heavy atom. The van der Waals surface area contributed by atoms with Gasteiger partial charge in [0.25, 0.3) is 15.7 Å². The van der Waals surface area contributed by atoms with Gasteiger partial charge in [0.05, 0.1) is 21.1 Å². The van der Waals surface area contributed by atoms with Crippen LogP contribution in [-0.2, 0) is 16.2 Å². The van der Waals surface area contributed by atoms with Crippen LogP contribution in [0.3, 0.4) is 0 Å². The summed E-state index contributed by atoms with van der Waals surface area (Å²) in [5.74, 6) is 0. The van der Waals surface area contributed by atoms with Gasteiger partial charge in [-0.05, 0) is 37.6 Å². The van der Waals surface area contributed by atoms with Crippen LogP contribution in [0.1, 0.15) is 23.6 Å². The Bertz CT molecular complexity index is 1020. The predicted molar refractivity (Wildman–Crippen MR) is 91.8 cm³/mol. The normalized spacial score (nSPS) is 12.7. The lowest BCUT2D eigenvalue weighted by atomic mass is 10.1. The molecule has 0 saturated carbocycles. The molecule has 0 spiro atoms. The number of nitro groups is 1. The van der Waals surface area contributed by atoms with Gasteiger partial charge in [0, 0.05) is 11.6 Å². The second-order valence-corrected chi connectivity index (χ2v) is 7.24. The van der Waals surface area contributed by atoms with Crippen LogP contribution in [-0.4, -0.2) is 19.1 Å². The van der Waals surface area contributed by atoms with E-state index in [1.807, 2.05) is 4.83 Å². The second kappa shape index (κ2) is 7.35. The zero-order valence-corrected chi connectivity index (χ0v) is 14.9. The average Bonchev–Trinajstić information content (AvgIpc) is 2.59. The molecule has 0 amide bonds. The van der Waals surface area contributed by atoms with Gasteiger partial charge in [0.1, 0.15) is 0 Å². The molecule has 1 N–H and O–H groups in total. The zero-order valence-electron chi connectivity index (χ0n) is 14.1. The molecule has 0 unspecified atom stereocenters. The number of aryl methyl sites for hydroxylation is 1. The van der Waals surface area contributed by atoms with Crippen LogP contribution in [0.15, 0.2) is 52.5 Å². The lowest BCUT2D eigenvalue weighted by Crippen LogP contribution is -2.20. The van der Waals surface area contributed by atoms with E-state index in [0.29, 0.717) is 0 Å². The lowest BCUT2D eigenvalue weighted by molar-refractivity contribution is -0.385. The largest absolute Gasteiger partial charge is 0.416 e. The Hall–Kier alpha value is -2.95. The van der Waals surface area contributed by atoms with E-state index in [-0.39, 0.29) is 27.4 Å². The number of halogens is 3. The fourth-order valence-corrected chi connectivity index (χ4v) is 3.00. The van der Waals surface area contributed by atoms with E-state index < -0.39 is 26.7 Å². The van der Waals surface area contributed by atoms with Crippen molar-refractivity contribution in [3.63, 3.8) is 0 Å². The van der Waals surface area contributed by atoms with Crippen molar-refractivity contribution in [2.45, 2.75) is 24.9 Å². The molecule has 11 heteroatoms. The van der Waals surface area contributed by atoms with Gasteiger partial charge in [-0.1, -0.05) is 18.2 Å². The summed E-state index contributed by atoms with van der Waals surface area (Å²) in [6.45, 7) is 2.79. The van der Waals surface area contributed by atoms with E-state index in [1.54, 1.807) is 0 Å². The maximum Gasteiger partial charge on any atom is 0.416 e. The van der Waals surface area contributed by atoms with E-state index >= 15 is 0 Å². The van der Waals surface area contributed by atoms with Crippen LogP contribution < -0.4 is 4.83 Å².